The molecular weight excluding hydrogens is 444 g/mol. The van der Waals surface area contributed by atoms with E-state index in [-0.39, 0.29) is 30.3 Å². The lowest BCUT2D eigenvalue weighted by Gasteiger charge is -2.12. The average molecular weight is 464 g/mol. The van der Waals surface area contributed by atoms with Crippen molar-refractivity contribution in [1.82, 2.24) is 14.4 Å². The smallest absolute Gasteiger partial charge is 0.433 e. The summed E-state index contributed by atoms with van der Waals surface area (Å²) in [4.78, 5) is 20.3. The number of nitrogens with one attached hydrogen (secondary N) is 1. The van der Waals surface area contributed by atoms with Crippen LogP contribution in [0.15, 0.2) is 48.8 Å². The zero-order valence-corrected chi connectivity index (χ0v) is 17.5. The van der Waals surface area contributed by atoms with Crippen LogP contribution in [0.4, 0.5) is 23.2 Å². The van der Waals surface area contributed by atoms with Crippen LogP contribution in [0, 0.1) is 5.92 Å². The Bertz CT molecular complexity index is 1210. The van der Waals surface area contributed by atoms with Crippen molar-refractivity contribution in [2.75, 3.05) is 25.1 Å². The molecule has 1 fully saturated rings. The van der Waals surface area contributed by atoms with Gasteiger partial charge in [0.05, 0.1) is 25.5 Å². The van der Waals surface area contributed by atoms with Gasteiger partial charge >= 0.3 is 6.18 Å². The van der Waals surface area contributed by atoms with Crippen LogP contribution in [0.25, 0.3) is 5.65 Å². The van der Waals surface area contributed by atoms with Crippen molar-refractivity contribution in [3.8, 4) is 5.75 Å². The lowest BCUT2D eigenvalue weighted by molar-refractivity contribution is -0.141. The van der Waals surface area contributed by atoms with Crippen LogP contribution in [-0.2, 0) is 10.9 Å². The van der Waals surface area contributed by atoms with Crippen molar-refractivity contribution in [3.05, 3.63) is 65.9 Å². The number of rotatable bonds is 6. The average Bonchev–Trinajstić information content (AvgIpc) is 3.39. The van der Waals surface area contributed by atoms with Gasteiger partial charge in [-0.05, 0) is 24.6 Å². The summed E-state index contributed by atoms with van der Waals surface area (Å²) in [5.74, 6) is -1.14. The second kappa shape index (κ2) is 8.81. The van der Waals surface area contributed by atoms with Crippen molar-refractivity contribution < 1.29 is 31.8 Å². The predicted molar refractivity (Wildman–Crippen MR) is 111 cm³/mol. The number of hydrogen-bond donors (Lipinski definition) is 1. The predicted octanol–water partition coefficient (Wildman–Crippen LogP) is 4.61. The van der Waals surface area contributed by atoms with Crippen LogP contribution in [0.2, 0.25) is 0 Å². The Morgan fingerprint density at radius 1 is 1.36 bits per heavy atom. The number of alkyl halides is 4. The standard InChI is InChI=1S/C22H20F4N4O3/c1-3-33-17-7-19-28-16(20(23)13-11-32-10-12(13)2)9-30(19)8-15(17)29-21(31)14-5-4-6-18(27-14)22(24,25)26/h4-9,13,20H,2-3,10-11H2,1H3,(H,29,31)/t13-,20?/m1/s1. The van der Waals surface area contributed by atoms with Gasteiger partial charge in [0, 0.05) is 24.4 Å². The van der Waals surface area contributed by atoms with Gasteiger partial charge in [-0.2, -0.15) is 13.2 Å². The summed E-state index contributed by atoms with van der Waals surface area (Å²) in [6, 6.07) is 4.55. The van der Waals surface area contributed by atoms with E-state index in [1.807, 2.05) is 0 Å². The number of imidazole rings is 1. The SMILES string of the molecule is C=C1COC[C@H]1C(F)c1cn2cc(NC(=O)c3cccc(C(F)(F)F)n3)c(OCC)cc2n1. The summed E-state index contributed by atoms with van der Waals surface area (Å²) >= 11 is 0. The van der Waals surface area contributed by atoms with Gasteiger partial charge in [0.1, 0.15) is 28.5 Å². The number of fused-ring (bicyclic) bond motifs is 1. The first-order valence-corrected chi connectivity index (χ1v) is 10.1. The molecule has 1 saturated heterocycles. The molecule has 0 bridgehead atoms. The van der Waals surface area contributed by atoms with Crippen molar-refractivity contribution in [1.29, 1.82) is 0 Å². The molecule has 4 heterocycles. The number of carbonyl (C=O) groups is 1. The molecule has 11 heteroatoms. The Morgan fingerprint density at radius 3 is 2.82 bits per heavy atom. The van der Waals surface area contributed by atoms with Gasteiger partial charge < -0.3 is 19.2 Å². The molecule has 0 aromatic carbocycles. The van der Waals surface area contributed by atoms with Crippen LogP contribution >= 0.6 is 0 Å². The summed E-state index contributed by atoms with van der Waals surface area (Å²) in [5.41, 5.74) is -0.241. The minimum absolute atomic E-state index is 0.164. The molecule has 1 unspecified atom stereocenters. The normalized spacial score (nSPS) is 17.4. The van der Waals surface area contributed by atoms with Crippen molar-refractivity contribution >= 4 is 17.2 Å². The number of anilines is 1. The van der Waals surface area contributed by atoms with Crippen LogP contribution < -0.4 is 10.1 Å². The first kappa shape index (κ1) is 22.7. The van der Waals surface area contributed by atoms with Crippen LogP contribution in [-0.4, -0.2) is 40.1 Å². The fourth-order valence-corrected chi connectivity index (χ4v) is 3.48. The summed E-state index contributed by atoms with van der Waals surface area (Å²) < 4.78 is 66.1. The highest BCUT2D eigenvalue weighted by molar-refractivity contribution is 6.03. The Labute approximate surface area is 186 Å². The third-order valence-electron chi connectivity index (χ3n) is 5.14. The summed E-state index contributed by atoms with van der Waals surface area (Å²) in [6.07, 6.45) is -3.19. The summed E-state index contributed by atoms with van der Waals surface area (Å²) in [6.45, 7) is 6.31. The topological polar surface area (TPSA) is 77.8 Å². The number of halogens is 4. The maximum absolute atomic E-state index is 15.0. The number of ether oxygens (including phenoxy) is 2. The number of pyridine rings is 2. The lowest BCUT2D eigenvalue weighted by atomic mass is 9.97. The molecule has 0 spiro atoms. The molecule has 33 heavy (non-hydrogen) atoms. The monoisotopic (exact) mass is 464 g/mol. The van der Waals surface area contributed by atoms with E-state index >= 15 is 4.39 Å². The van der Waals surface area contributed by atoms with Crippen molar-refractivity contribution in [2.24, 2.45) is 5.92 Å². The molecule has 0 aliphatic carbocycles. The minimum Gasteiger partial charge on any atom is -0.491 e. The van der Waals surface area contributed by atoms with E-state index in [0.29, 0.717) is 17.8 Å². The second-order valence-electron chi connectivity index (χ2n) is 7.46. The number of nitrogens with zero attached hydrogens (tertiary/aromatic N) is 3. The third kappa shape index (κ3) is 4.68. The lowest BCUT2D eigenvalue weighted by Crippen LogP contribution is -2.17. The molecule has 0 radical (unpaired) electrons. The highest BCUT2D eigenvalue weighted by Gasteiger charge is 2.33. The Kier molecular flexibility index (Phi) is 6.07. The van der Waals surface area contributed by atoms with Gasteiger partial charge in [0.2, 0.25) is 0 Å². The van der Waals surface area contributed by atoms with Gasteiger partial charge in [0.25, 0.3) is 5.91 Å². The minimum atomic E-state index is -4.68. The Balaban J connectivity index is 1.64. The van der Waals surface area contributed by atoms with E-state index in [9.17, 15) is 18.0 Å². The van der Waals surface area contributed by atoms with Gasteiger partial charge in [-0.3, -0.25) is 4.79 Å². The fraction of sp³-hybridized carbons (Fsp3) is 0.318. The van der Waals surface area contributed by atoms with Crippen molar-refractivity contribution in [2.45, 2.75) is 19.3 Å². The molecule has 1 N–H and O–H groups in total. The molecule has 2 atom stereocenters. The molecule has 174 valence electrons. The van der Waals surface area contributed by atoms with E-state index in [2.05, 4.69) is 21.9 Å². The molecule has 1 aliphatic heterocycles. The largest absolute Gasteiger partial charge is 0.491 e. The van der Waals surface area contributed by atoms with E-state index in [0.717, 1.165) is 12.1 Å². The number of aromatic nitrogens is 3. The van der Waals surface area contributed by atoms with Gasteiger partial charge in [-0.25, -0.2) is 14.4 Å². The quantitative estimate of drug-likeness (QED) is 0.426. The Morgan fingerprint density at radius 2 is 2.15 bits per heavy atom. The van der Waals surface area contributed by atoms with Crippen LogP contribution in [0.5, 0.6) is 5.75 Å². The zero-order chi connectivity index (χ0) is 23.8. The maximum Gasteiger partial charge on any atom is 0.433 e. The number of hydrogen-bond acceptors (Lipinski definition) is 5. The van der Waals surface area contributed by atoms with E-state index in [1.54, 1.807) is 6.92 Å². The van der Waals surface area contributed by atoms with Gasteiger partial charge in [-0.15, -0.1) is 0 Å². The van der Waals surface area contributed by atoms with Crippen molar-refractivity contribution in [3.63, 3.8) is 0 Å². The van der Waals surface area contributed by atoms with E-state index < -0.39 is 35.6 Å². The highest BCUT2D eigenvalue weighted by atomic mass is 19.4. The molecule has 7 nitrogen and oxygen atoms in total. The Hall–Kier alpha value is -3.47. The number of carbonyl (C=O) groups excluding carboxylic acids is 1. The maximum atomic E-state index is 15.0. The molecule has 3 aromatic heterocycles. The van der Waals surface area contributed by atoms with Crippen LogP contribution in [0.3, 0.4) is 0 Å². The molecule has 3 aromatic rings. The van der Waals surface area contributed by atoms with Crippen LogP contribution in [0.1, 0.15) is 35.0 Å². The molecule has 1 aliphatic rings. The zero-order valence-electron chi connectivity index (χ0n) is 17.5. The highest BCUT2D eigenvalue weighted by Crippen LogP contribution is 2.35. The molecular formula is C22H20F4N4O3. The third-order valence-corrected chi connectivity index (χ3v) is 5.14. The van der Waals surface area contributed by atoms with Gasteiger partial charge in [0.15, 0.2) is 6.17 Å². The second-order valence-corrected chi connectivity index (χ2v) is 7.46. The molecule has 1 amide bonds. The summed E-state index contributed by atoms with van der Waals surface area (Å²) in [7, 11) is 0. The van der Waals surface area contributed by atoms with E-state index in [4.69, 9.17) is 9.47 Å². The number of amides is 1. The van der Waals surface area contributed by atoms with E-state index in [1.165, 1.54) is 28.9 Å². The molecule has 4 rings (SSSR count). The first-order chi connectivity index (χ1) is 15.7. The van der Waals surface area contributed by atoms with Gasteiger partial charge in [-0.1, -0.05) is 12.6 Å². The first-order valence-electron chi connectivity index (χ1n) is 10.1. The summed E-state index contributed by atoms with van der Waals surface area (Å²) in [5, 5.41) is 2.51. The fourth-order valence-electron chi connectivity index (χ4n) is 3.48. The molecule has 0 saturated carbocycles.